The first-order chi connectivity index (χ1) is 23.1. The molecule has 2 spiro atoms. The standard InChI is InChI=1S/C37H37Cl2N7O2/c1-22-31(16-45-18-36(19-45)11-9-24(47)13-36)40-14-29(42-22)27-7-3-5-25(34(27)38)26-6-4-8-28(35(26)39)30-15-41-32(23(2)43-30)17-46-20-37(21-46)12-10-33(48)44-37/h3-8,14-15H,9-13,16-21H2,1-2H3,(H,44,48). The van der Waals surface area contributed by atoms with Gasteiger partial charge in [0.15, 0.2) is 0 Å². The first kappa shape index (κ1) is 31.5. The highest BCUT2D eigenvalue weighted by atomic mass is 35.5. The van der Waals surface area contributed by atoms with Crippen LogP contribution in [0.5, 0.6) is 0 Å². The summed E-state index contributed by atoms with van der Waals surface area (Å²) < 4.78 is 0. The lowest BCUT2D eigenvalue weighted by Crippen LogP contribution is -2.66. The Morgan fingerprint density at radius 3 is 1.71 bits per heavy atom. The zero-order valence-corrected chi connectivity index (χ0v) is 28.7. The van der Waals surface area contributed by atoms with Gasteiger partial charge >= 0.3 is 0 Å². The second kappa shape index (κ2) is 12.0. The number of benzene rings is 2. The van der Waals surface area contributed by atoms with E-state index in [0.717, 1.165) is 103 Å². The van der Waals surface area contributed by atoms with E-state index < -0.39 is 0 Å². The predicted octanol–water partition coefficient (Wildman–Crippen LogP) is 6.21. The van der Waals surface area contributed by atoms with Gasteiger partial charge in [0.1, 0.15) is 5.78 Å². The van der Waals surface area contributed by atoms with Crippen molar-refractivity contribution >= 4 is 34.9 Å². The van der Waals surface area contributed by atoms with Crippen LogP contribution in [0.25, 0.3) is 33.6 Å². The molecule has 0 radical (unpaired) electrons. The number of nitrogens with zero attached hydrogens (tertiary/aromatic N) is 6. The van der Waals surface area contributed by atoms with Crippen molar-refractivity contribution in [1.82, 2.24) is 35.1 Å². The molecule has 0 atom stereocenters. The maximum absolute atomic E-state index is 11.8. The van der Waals surface area contributed by atoms with Crippen LogP contribution >= 0.6 is 23.2 Å². The number of aryl methyl sites for hydroxylation is 2. The van der Waals surface area contributed by atoms with Crippen LogP contribution in [0.3, 0.4) is 0 Å². The topological polar surface area (TPSA) is 104 Å². The first-order valence-electron chi connectivity index (χ1n) is 16.6. The average Bonchev–Trinajstić information content (AvgIpc) is 3.62. The SMILES string of the molecule is Cc1nc(-c2cccc(-c3cccc(-c4cnc(CN5CC6(CCC(=O)N6)C5)c(C)n4)c3Cl)c2Cl)cnc1CN1CC2(CCC(=O)C2)C1. The first-order valence-corrected chi connectivity index (χ1v) is 17.4. The molecule has 4 aliphatic rings. The number of likely N-dealkylation sites (tertiary alicyclic amines) is 2. The van der Waals surface area contributed by atoms with Crippen LogP contribution < -0.4 is 5.32 Å². The Hall–Kier alpha value is -3.76. The van der Waals surface area contributed by atoms with Gasteiger partial charge in [0.25, 0.3) is 0 Å². The highest BCUT2D eigenvalue weighted by Crippen LogP contribution is 2.45. The minimum atomic E-state index is -0.0588. The van der Waals surface area contributed by atoms with Gasteiger partial charge in [0, 0.05) is 86.2 Å². The molecule has 9 nitrogen and oxygen atoms in total. The molecule has 0 bridgehead atoms. The Balaban J connectivity index is 0.990. The van der Waals surface area contributed by atoms with Crippen molar-refractivity contribution in [2.75, 3.05) is 26.2 Å². The van der Waals surface area contributed by atoms with Crippen LogP contribution in [0.4, 0.5) is 0 Å². The van der Waals surface area contributed by atoms with Crippen molar-refractivity contribution in [3.63, 3.8) is 0 Å². The molecule has 0 unspecified atom stereocenters. The summed E-state index contributed by atoms with van der Waals surface area (Å²) in [5.74, 6) is 0.546. The molecule has 5 heterocycles. The van der Waals surface area contributed by atoms with Crippen LogP contribution in [0.2, 0.25) is 10.0 Å². The van der Waals surface area contributed by atoms with Gasteiger partial charge in [-0.15, -0.1) is 0 Å². The molecule has 4 fully saturated rings. The van der Waals surface area contributed by atoms with E-state index in [1.165, 1.54) is 0 Å². The number of carbonyl (C=O) groups is 2. The Morgan fingerprint density at radius 1 is 0.729 bits per heavy atom. The molecule has 1 aliphatic carbocycles. The van der Waals surface area contributed by atoms with E-state index in [-0.39, 0.29) is 16.9 Å². The molecule has 1 saturated carbocycles. The van der Waals surface area contributed by atoms with Crippen LogP contribution in [-0.4, -0.2) is 73.1 Å². The third-order valence-corrected chi connectivity index (χ3v) is 11.4. The predicted molar refractivity (Wildman–Crippen MR) is 185 cm³/mol. The van der Waals surface area contributed by atoms with Crippen molar-refractivity contribution in [3.8, 4) is 33.6 Å². The summed E-state index contributed by atoms with van der Waals surface area (Å²) in [4.78, 5) is 47.6. The second-order valence-corrected chi connectivity index (χ2v) is 15.0. The molecule has 3 saturated heterocycles. The molecule has 11 heteroatoms. The second-order valence-electron chi connectivity index (χ2n) is 14.2. The van der Waals surface area contributed by atoms with Gasteiger partial charge in [-0.3, -0.25) is 29.4 Å². The van der Waals surface area contributed by atoms with Crippen molar-refractivity contribution in [3.05, 3.63) is 81.6 Å². The van der Waals surface area contributed by atoms with Crippen molar-refractivity contribution < 1.29 is 9.59 Å². The lowest BCUT2D eigenvalue weighted by molar-refractivity contribution is -0.121. The molecule has 48 heavy (non-hydrogen) atoms. The average molecular weight is 683 g/mol. The van der Waals surface area contributed by atoms with Crippen molar-refractivity contribution in [2.24, 2.45) is 5.41 Å². The van der Waals surface area contributed by atoms with E-state index >= 15 is 0 Å². The molecule has 2 aromatic carbocycles. The summed E-state index contributed by atoms with van der Waals surface area (Å²) in [6.07, 6.45) is 7.55. The lowest BCUT2D eigenvalue weighted by Gasteiger charge is -2.47. The molecule has 4 aromatic rings. The Kier molecular flexibility index (Phi) is 7.86. The van der Waals surface area contributed by atoms with E-state index in [2.05, 4.69) is 15.1 Å². The van der Waals surface area contributed by atoms with E-state index in [0.29, 0.717) is 40.2 Å². The fourth-order valence-corrected chi connectivity index (χ4v) is 8.75. The summed E-state index contributed by atoms with van der Waals surface area (Å²) in [7, 11) is 0. The third kappa shape index (κ3) is 5.70. The quantitative estimate of drug-likeness (QED) is 0.246. The van der Waals surface area contributed by atoms with Gasteiger partial charge in [0.05, 0.1) is 62.1 Å². The zero-order chi connectivity index (χ0) is 33.2. The minimum absolute atomic E-state index is 0.0588. The molecule has 246 valence electrons. The van der Waals surface area contributed by atoms with Crippen LogP contribution in [-0.2, 0) is 22.7 Å². The Morgan fingerprint density at radius 2 is 1.25 bits per heavy atom. The summed E-state index contributed by atoms with van der Waals surface area (Å²) in [5, 5.41) is 4.24. The number of aromatic nitrogens is 4. The number of rotatable bonds is 7. The molecule has 1 N–H and O–H groups in total. The molecule has 1 amide bonds. The van der Waals surface area contributed by atoms with Gasteiger partial charge < -0.3 is 5.32 Å². The fraction of sp³-hybridized carbons (Fsp3) is 0.405. The van der Waals surface area contributed by atoms with Gasteiger partial charge in [0.2, 0.25) is 5.91 Å². The number of carbonyl (C=O) groups excluding carboxylic acids is 2. The third-order valence-electron chi connectivity index (χ3n) is 10.6. The van der Waals surface area contributed by atoms with Crippen LogP contribution in [0.1, 0.15) is 54.9 Å². The van der Waals surface area contributed by atoms with E-state index in [4.69, 9.17) is 43.1 Å². The molecule has 3 aliphatic heterocycles. The van der Waals surface area contributed by atoms with Gasteiger partial charge in [-0.25, -0.2) is 9.97 Å². The summed E-state index contributed by atoms with van der Waals surface area (Å²) in [6, 6.07) is 11.8. The normalized spacial score (nSPS) is 19.9. The van der Waals surface area contributed by atoms with Gasteiger partial charge in [-0.1, -0.05) is 59.6 Å². The van der Waals surface area contributed by atoms with Crippen molar-refractivity contribution in [2.45, 2.75) is 64.6 Å². The largest absolute Gasteiger partial charge is 0.348 e. The highest BCUT2D eigenvalue weighted by Gasteiger charge is 2.48. The maximum atomic E-state index is 11.8. The molecular formula is C37H37Cl2N7O2. The van der Waals surface area contributed by atoms with E-state index in [1.54, 1.807) is 12.4 Å². The zero-order valence-electron chi connectivity index (χ0n) is 27.2. The van der Waals surface area contributed by atoms with Gasteiger partial charge in [-0.05, 0) is 26.7 Å². The lowest BCUT2D eigenvalue weighted by atomic mass is 9.78. The smallest absolute Gasteiger partial charge is 0.220 e. The fourth-order valence-electron chi connectivity index (χ4n) is 8.10. The van der Waals surface area contributed by atoms with Crippen LogP contribution in [0.15, 0.2) is 48.8 Å². The minimum Gasteiger partial charge on any atom is -0.348 e. The van der Waals surface area contributed by atoms with E-state index in [1.807, 2.05) is 50.2 Å². The molecule has 8 rings (SSSR count). The summed E-state index contributed by atoms with van der Waals surface area (Å²) in [6.45, 7) is 8.97. The molecular weight excluding hydrogens is 645 g/mol. The number of nitrogens with one attached hydrogen (secondary N) is 1. The Labute approximate surface area is 290 Å². The number of halogens is 2. The summed E-state index contributed by atoms with van der Waals surface area (Å²) in [5.41, 5.74) is 8.28. The molecule has 2 aromatic heterocycles. The van der Waals surface area contributed by atoms with Crippen LogP contribution in [0, 0.1) is 19.3 Å². The Bertz CT molecular complexity index is 1830. The summed E-state index contributed by atoms with van der Waals surface area (Å²) >= 11 is 14.2. The highest BCUT2D eigenvalue weighted by molar-refractivity contribution is 6.39. The maximum Gasteiger partial charge on any atom is 0.220 e. The number of ketones is 1. The number of hydrogen-bond donors (Lipinski definition) is 1. The number of amides is 1. The van der Waals surface area contributed by atoms with Gasteiger partial charge in [-0.2, -0.15) is 0 Å². The van der Waals surface area contributed by atoms with Crippen molar-refractivity contribution in [1.29, 1.82) is 0 Å². The number of hydrogen-bond acceptors (Lipinski definition) is 8. The monoisotopic (exact) mass is 681 g/mol. The van der Waals surface area contributed by atoms with E-state index in [9.17, 15) is 9.59 Å². The number of Topliss-reactive ketones (excluding diaryl/α,β-unsaturated/α-hetero) is 1.